The first-order chi connectivity index (χ1) is 11.2. The Bertz CT molecular complexity index is 660. The van der Waals surface area contributed by atoms with Gasteiger partial charge in [-0.2, -0.15) is 0 Å². The van der Waals surface area contributed by atoms with Crippen LogP contribution in [0.4, 0.5) is 0 Å². The van der Waals surface area contributed by atoms with E-state index in [0.717, 1.165) is 5.56 Å². The van der Waals surface area contributed by atoms with E-state index in [9.17, 15) is 9.59 Å². The van der Waals surface area contributed by atoms with Gasteiger partial charge in [0.1, 0.15) is 12.3 Å². The average Bonchev–Trinajstić information content (AvgIpc) is 3.11. The molecule has 1 atom stereocenters. The van der Waals surface area contributed by atoms with Crippen LogP contribution in [0.15, 0.2) is 41.2 Å². The second-order valence-corrected chi connectivity index (χ2v) is 6.00. The van der Waals surface area contributed by atoms with Crippen LogP contribution in [0.3, 0.4) is 0 Å². The number of morpholine rings is 1. The van der Waals surface area contributed by atoms with Gasteiger partial charge in [-0.3, -0.25) is 9.59 Å². The number of hydrogen-bond donors (Lipinski definition) is 1. The first kappa shape index (κ1) is 15.6. The van der Waals surface area contributed by atoms with Gasteiger partial charge in [-0.15, -0.1) is 11.3 Å². The van der Waals surface area contributed by atoms with Crippen LogP contribution in [0.5, 0.6) is 0 Å². The normalized spacial score (nSPS) is 18.0. The van der Waals surface area contributed by atoms with Gasteiger partial charge in [-0.05, 0) is 5.56 Å². The van der Waals surface area contributed by atoms with E-state index in [1.54, 1.807) is 15.8 Å². The third-order valence-corrected chi connectivity index (χ3v) is 4.18. The quantitative estimate of drug-likeness (QED) is 0.896. The van der Waals surface area contributed by atoms with Crippen LogP contribution < -0.4 is 5.32 Å². The summed E-state index contributed by atoms with van der Waals surface area (Å²) >= 11 is 1.38. The molecule has 1 aromatic carbocycles. The van der Waals surface area contributed by atoms with Gasteiger partial charge in [-0.1, -0.05) is 30.3 Å². The fraction of sp³-hybridized carbons (Fsp3) is 0.312. The number of amides is 2. The van der Waals surface area contributed by atoms with E-state index in [2.05, 4.69) is 10.3 Å². The Morgan fingerprint density at radius 2 is 2.22 bits per heavy atom. The minimum atomic E-state index is -0.221. The topological polar surface area (TPSA) is 71.5 Å². The number of hydrogen-bond acceptors (Lipinski definition) is 5. The minimum Gasteiger partial charge on any atom is -0.365 e. The molecule has 2 amide bonds. The lowest BCUT2D eigenvalue weighted by Crippen LogP contribution is -2.50. The molecule has 0 spiro atoms. The second kappa shape index (κ2) is 7.34. The Morgan fingerprint density at radius 3 is 2.96 bits per heavy atom. The van der Waals surface area contributed by atoms with Crippen molar-refractivity contribution in [3.05, 3.63) is 52.5 Å². The molecule has 0 aliphatic carbocycles. The first-order valence-electron chi connectivity index (χ1n) is 7.32. The number of nitrogens with one attached hydrogen (secondary N) is 1. The number of benzene rings is 1. The molecule has 1 aromatic heterocycles. The van der Waals surface area contributed by atoms with Gasteiger partial charge in [0, 0.05) is 25.0 Å². The summed E-state index contributed by atoms with van der Waals surface area (Å²) in [4.78, 5) is 29.6. The van der Waals surface area contributed by atoms with Crippen molar-refractivity contribution in [2.75, 3.05) is 19.7 Å². The third-order valence-electron chi connectivity index (χ3n) is 3.59. The van der Waals surface area contributed by atoms with E-state index in [1.165, 1.54) is 11.3 Å². The molecule has 23 heavy (non-hydrogen) atoms. The Hall–Kier alpha value is -2.25. The summed E-state index contributed by atoms with van der Waals surface area (Å²) in [5.74, 6) is -0.253. The highest BCUT2D eigenvalue weighted by Crippen LogP contribution is 2.11. The van der Waals surface area contributed by atoms with Gasteiger partial charge in [0.05, 0.1) is 11.6 Å². The van der Waals surface area contributed by atoms with E-state index >= 15 is 0 Å². The highest BCUT2D eigenvalue weighted by atomic mass is 32.1. The first-order valence-corrected chi connectivity index (χ1v) is 8.26. The molecule has 1 saturated heterocycles. The number of nitrogens with zero attached hydrogens (tertiary/aromatic N) is 2. The van der Waals surface area contributed by atoms with Crippen LogP contribution in [0.1, 0.15) is 16.1 Å². The number of thiazole rings is 1. The number of carbonyl (C=O) groups is 2. The molecular formula is C16H17N3O3S. The van der Waals surface area contributed by atoms with Crippen LogP contribution in [-0.4, -0.2) is 47.5 Å². The molecule has 1 unspecified atom stereocenters. The van der Waals surface area contributed by atoms with Crippen molar-refractivity contribution in [2.24, 2.45) is 0 Å². The third kappa shape index (κ3) is 4.14. The molecule has 0 saturated carbocycles. The Balaban J connectivity index is 1.53. The zero-order chi connectivity index (χ0) is 16.1. The smallest absolute Gasteiger partial charge is 0.270 e. The lowest BCUT2D eigenvalue weighted by molar-refractivity contribution is -0.149. The molecule has 3 rings (SSSR count). The molecule has 1 N–H and O–H groups in total. The number of ether oxygens (including phenoxy) is 1. The maximum Gasteiger partial charge on any atom is 0.270 e. The van der Waals surface area contributed by atoms with Gasteiger partial charge in [0.15, 0.2) is 0 Å². The summed E-state index contributed by atoms with van der Waals surface area (Å²) in [6.45, 7) is 1.42. The fourth-order valence-electron chi connectivity index (χ4n) is 2.38. The minimum absolute atomic E-state index is 0.0315. The zero-order valence-electron chi connectivity index (χ0n) is 12.5. The van der Waals surface area contributed by atoms with Gasteiger partial charge in [0.25, 0.3) is 5.91 Å². The molecule has 6 nitrogen and oxygen atoms in total. The lowest BCUT2D eigenvalue weighted by Gasteiger charge is -2.32. The van der Waals surface area contributed by atoms with Crippen LogP contribution >= 0.6 is 11.3 Å². The molecule has 0 radical (unpaired) electrons. The predicted molar refractivity (Wildman–Crippen MR) is 86.0 cm³/mol. The van der Waals surface area contributed by atoms with Crippen molar-refractivity contribution in [3.63, 3.8) is 0 Å². The van der Waals surface area contributed by atoms with Crippen LogP contribution in [-0.2, 0) is 16.1 Å². The average molecular weight is 331 g/mol. The van der Waals surface area contributed by atoms with Gasteiger partial charge >= 0.3 is 0 Å². The highest BCUT2D eigenvalue weighted by molar-refractivity contribution is 7.07. The van der Waals surface area contributed by atoms with Gasteiger partial charge in [0.2, 0.25) is 5.91 Å². The zero-order valence-corrected chi connectivity index (χ0v) is 13.3. The lowest BCUT2D eigenvalue weighted by atomic mass is 10.2. The molecule has 0 bridgehead atoms. The second-order valence-electron chi connectivity index (χ2n) is 5.28. The Kier molecular flexibility index (Phi) is 4.99. The summed E-state index contributed by atoms with van der Waals surface area (Å²) < 4.78 is 5.50. The van der Waals surface area contributed by atoms with Crippen molar-refractivity contribution < 1.29 is 14.3 Å². The molecule has 2 aromatic rings. The number of carbonyl (C=O) groups excluding carboxylic acids is 2. The number of rotatable bonds is 5. The summed E-state index contributed by atoms with van der Waals surface area (Å²) in [6.07, 6.45) is -0.209. The van der Waals surface area contributed by atoms with Gasteiger partial charge < -0.3 is 15.0 Å². The fourth-order valence-corrected chi connectivity index (χ4v) is 2.91. The molecule has 1 aliphatic rings. The van der Waals surface area contributed by atoms with Crippen molar-refractivity contribution in [1.29, 1.82) is 0 Å². The maximum absolute atomic E-state index is 12.0. The van der Waals surface area contributed by atoms with Crippen molar-refractivity contribution >= 4 is 23.2 Å². The Morgan fingerprint density at radius 1 is 1.39 bits per heavy atom. The highest BCUT2D eigenvalue weighted by Gasteiger charge is 2.26. The van der Waals surface area contributed by atoms with Crippen molar-refractivity contribution in [3.8, 4) is 0 Å². The van der Waals surface area contributed by atoms with Gasteiger partial charge in [-0.25, -0.2) is 4.98 Å². The SMILES string of the molecule is O=C(NCC1CN(Cc2ccccc2)C(=O)CO1)c1cscn1. The molecule has 7 heteroatoms. The number of aromatic nitrogens is 1. The molecule has 1 fully saturated rings. The van der Waals surface area contributed by atoms with E-state index in [1.807, 2.05) is 30.3 Å². The predicted octanol–water partition coefficient (Wildman–Crippen LogP) is 1.30. The van der Waals surface area contributed by atoms with Crippen LogP contribution in [0, 0.1) is 0 Å². The molecular weight excluding hydrogens is 314 g/mol. The summed E-state index contributed by atoms with van der Waals surface area (Å²) in [7, 11) is 0. The largest absolute Gasteiger partial charge is 0.365 e. The van der Waals surface area contributed by atoms with Crippen LogP contribution in [0.2, 0.25) is 0 Å². The molecule has 2 heterocycles. The monoisotopic (exact) mass is 331 g/mol. The molecule has 120 valence electrons. The standard InChI is InChI=1S/C16H17N3O3S/c20-15-9-22-13(6-17-16(21)14-10-23-11-18-14)8-19(15)7-12-4-2-1-3-5-12/h1-5,10-11,13H,6-9H2,(H,17,21). The summed E-state index contributed by atoms with van der Waals surface area (Å²) in [6, 6.07) is 9.82. The summed E-state index contributed by atoms with van der Waals surface area (Å²) in [5, 5.41) is 4.49. The van der Waals surface area contributed by atoms with Crippen molar-refractivity contribution in [2.45, 2.75) is 12.6 Å². The molecule has 1 aliphatic heterocycles. The van der Waals surface area contributed by atoms with E-state index in [-0.39, 0.29) is 24.5 Å². The summed E-state index contributed by atoms with van der Waals surface area (Å²) in [5.41, 5.74) is 3.10. The van der Waals surface area contributed by atoms with E-state index < -0.39 is 0 Å². The van der Waals surface area contributed by atoms with E-state index in [4.69, 9.17) is 4.74 Å². The Labute approximate surface area is 138 Å². The van der Waals surface area contributed by atoms with E-state index in [0.29, 0.717) is 25.3 Å². The van der Waals surface area contributed by atoms with Crippen LogP contribution in [0.25, 0.3) is 0 Å². The van der Waals surface area contributed by atoms with Crippen molar-refractivity contribution in [1.82, 2.24) is 15.2 Å². The maximum atomic E-state index is 12.0.